The van der Waals surface area contributed by atoms with Gasteiger partial charge in [0.1, 0.15) is 0 Å². The van der Waals surface area contributed by atoms with E-state index < -0.39 is 0 Å². The number of β-amino-alcohol motifs (C(OH)–C–C–N with tert-alkyl or cyclic N) is 1. The topological polar surface area (TPSA) is 41.5 Å². The normalized spacial score (nSPS) is 45.7. The zero-order chi connectivity index (χ0) is 9.26. The fraction of sp³-hybridized carbons (Fsp3) is 1.00. The van der Waals surface area contributed by atoms with E-state index in [1.54, 1.807) is 0 Å². The van der Waals surface area contributed by atoms with E-state index in [0.717, 1.165) is 26.1 Å². The van der Waals surface area contributed by atoms with Gasteiger partial charge < -0.3 is 15.2 Å². The van der Waals surface area contributed by atoms with Crippen LogP contribution in [-0.2, 0) is 4.74 Å². The van der Waals surface area contributed by atoms with Crippen LogP contribution in [-0.4, -0.2) is 47.5 Å². The molecule has 76 valence electrons. The van der Waals surface area contributed by atoms with Crippen LogP contribution < -0.4 is 5.32 Å². The maximum Gasteiger partial charge on any atom is 0.0795 e. The van der Waals surface area contributed by atoms with Crippen molar-refractivity contribution in [2.24, 2.45) is 0 Å². The Balaban J connectivity index is 1.82. The van der Waals surface area contributed by atoms with Crippen molar-refractivity contribution < 1.29 is 9.84 Å². The Morgan fingerprint density at radius 2 is 2.23 bits per heavy atom. The van der Waals surface area contributed by atoms with Gasteiger partial charge in [-0.05, 0) is 13.3 Å². The summed E-state index contributed by atoms with van der Waals surface area (Å²) in [6, 6.07) is 0. The highest BCUT2D eigenvalue weighted by molar-refractivity contribution is 8.00. The second kappa shape index (κ2) is 4.17. The highest BCUT2D eigenvalue weighted by Gasteiger charge is 2.32. The minimum Gasteiger partial charge on any atom is -0.391 e. The molecule has 2 rings (SSSR count). The smallest absolute Gasteiger partial charge is 0.0795 e. The van der Waals surface area contributed by atoms with Crippen LogP contribution in [0, 0.1) is 0 Å². The number of thioether (sulfide) groups is 1. The maximum absolute atomic E-state index is 9.61. The quantitative estimate of drug-likeness (QED) is 0.674. The van der Waals surface area contributed by atoms with Crippen molar-refractivity contribution in [3.8, 4) is 0 Å². The molecule has 4 unspecified atom stereocenters. The first-order valence-electron chi connectivity index (χ1n) is 4.93. The van der Waals surface area contributed by atoms with Gasteiger partial charge in [-0.1, -0.05) is 0 Å². The molecular formula is C9H17NO2S. The summed E-state index contributed by atoms with van der Waals surface area (Å²) in [5.41, 5.74) is 0. The number of rotatable bonds is 2. The van der Waals surface area contributed by atoms with E-state index >= 15 is 0 Å². The van der Waals surface area contributed by atoms with E-state index in [2.05, 4.69) is 12.2 Å². The average Bonchev–Trinajstić information content (AvgIpc) is 2.65. The largest absolute Gasteiger partial charge is 0.391 e. The summed E-state index contributed by atoms with van der Waals surface area (Å²) in [5, 5.41) is 13.8. The Kier molecular flexibility index (Phi) is 3.14. The monoisotopic (exact) mass is 203 g/mol. The van der Waals surface area contributed by atoms with Gasteiger partial charge in [-0.15, -0.1) is 11.8 Å². The van der Waals surface area contributed by atoms with Crippen LogP contribution in [0.5, 0.6) is 0 Å². The molecular weight excluding hydrogens is 186 g/mol. The molecule has 2 aliphatic heterocycles. The average molecular weight is 203 g/mol. The van der Waals surface area contributed by atoms with Gasteiger partial charge in [-0.25, -0.2) is 0 Å². The lowest BCUT2D eigenvalue weighted by molar-refractivity contribution is 0.127. The minimum atomic E-state index is -0.169. The lowest BCUT2D eigenvalue weighted by Crippen LogP contribution is -2.25. The van der Waals surface area contributed by atoms with Crippen molar-refractivity contribution in [1.29, 1.82) is 0 Å². The van der Waals surface area contributed by atoms with Crippen molar-refractivity contribution in [2.45, 2.75) is 36.1 Å². The fourth-order valence-corrected chi connectivity index (χ4v) is 3.37. The molecule has 0 bridgehead atoms. The summed E-state index contributed by atoms with van der Waals surface area (Å²) in [6.07, 6.45) is 1.32. The summed E-state index contributed by atoms with van der Waals surface area (Å²) in [7, 11) is 0. The lowest BCUT2D eigenvalue weighted by atomic mass is 10.2. The zero-order valence-electron chi connectivity index (χ0n) is 7.90. The Bertz CT molecular complexity index is 161. The molecule has 0 saturated carbocycles. The third-order valence-corrected chi connectivity index (χ3v) is 4.58. The van der Waals surface area contributed by atoms with Gasteiger partial charge in [0, 0.05) is 30.2 Å². The highest BCUT2D eigenvalue weighted by atomic mass is 32.2. The van der Waals surface area contributed by atoms with Gasteiger partial charge in [0.2, 0.25) is 0 Å². The molecule has 0 amide bonds. The number of aliphatic hydroxyl groups excluding tert-OH is 1. The van der Waals surface area contributed by atoms with Gasteiger partial charge in [0.15, 0.2) is 0 Å². The number of aliphatic hydroxyl groups is 1. The molecule has 0 aromatic rings. The van der Waals surface area contributed by atoms with E-state index in [-0.39, 0.29) is 6.10 Å². The van der Waals surface area contributed by atoms with Gasteiger partial charge in [0.05, 0.1) is 12.2 Å². The van der Waals surface area contributed by atoms with Crippen LogP contribution in [0.15, 0.2) is 0 Å². The minimum absolute atomic E-state index is 0.169. The third kappa shape index (κ3) is 2.18. The first-order valence-corrected chi connectivity index (χ1v) is 5.87. The summed E-state index contributed by atoms with van der Waals surface area (Å²) in [6.45, 7) is 4.70. The number of nitrogens with one attached hydrogen (secondary N) is 1. The van der Waals surface area contributed by atoms with Crippen LogP contribution in [0.25, 0.3) is 0 Å². The molecule has 4 heteroatoms. The van der Waals surface area contributed by atoms with Crippen LogP contribution in [0.2, 0.25) is 0 Å². The molecule has 0 radical (unpaired) electrons. The summed E-state index contributed by atoms with van der Waals surface area (Å²) in [4.78, 5) is 0. The fourth-order valence-electron chi connectivity index (χ4n) is 1.90. The lowest BCUT2D eigenvalue weighted by Gasteiger charge is -2.19. The van der Waals surface area contributed by atoms with Crippen molar-refractivity contribution in [3.05, 3.63) is 0 Å². The molecule has 2 fully saturated rings. The molecule has 0 aliphatic carbocycles. The summed E-state index contributed by atoms with van der Waals surface area (Å²) in [5.74, 6) is 0. The first-order chi connectivity index (χ1) is 6.27. The second-order valence-corrected chi connectivity index (χ2v) is 5.29. The van der Waals surface area contributed by atoms with E-state index in [9.17, 15) is 5.11 Å². The Labute approximate surface area is 83.2 Å². The van der Waals surface area contributed by atoms with Crippen LogP contribution in [0.1, 0.15) is 13.3 Å². The maximum atomic E-state index is 9.61. The third-order valence-electron chi connectivity index (χ3n) is 2.78. The predicted octanol–water partition coefficient (Wildman–Crippen LogP) is 0.230. The standard InChI is InChI=1S/C9H17NO2S/c1-6-8(2-3-12-6)13-9-5-10-4-7(9)11/h6-11H,2-5H2,1H3. The Hall–Kier alpha value is 0.230. The van der Waals surface area contributed by atoms with Crippen LogP contribution >= 0.6 is 11.8 Å². The van der Waals surface area contributed by atoms with Crippen molar-refractivity contribution in [2.75, 3.05) is 19.7 Å². The summed E-state index contributed by atoms with van der Waals surface area (Å²) < 4.78 is 5.49. The summed E-state index contributed by atoms with van der Waals surface area (Å²) >= 11 is 1.89. The molecule has 2 N–H and O–H groups in total. The van der Waals surface area contributed by atoms with E-state index in [0.29, 0.717) is 16.6 Å². The Morgan fingerprint density at radius 1 is 1.38 bits per heavy atom. The van der Waals surface area contributed by atoms with E-state index in [1.165, 1.54) is 0 Å². The van der Waals surface area contributed by atoms with Crippen molar-refractivity contribution in [1.82, 2.24) is 5.32 Å². The van der Waals surface area contributed by atoms with Gasteiger partial charge in [-0.3, -0.25) is 0 Å². The van der Waals surface area contributed by atoms with Gasteiger partial charge in [0.25, 0.3) is 0 Å². The number of ether oxygens (including phenoxy) is 1. The van der Waals surface area contributed by atoms with E-state index in [4.69, 9.17) is 4.74 Å². The molecule has 2 aliphatic rings. The van der Waals surface area contributed by atoms with Crippen molar-refractivity contribution >= 4 is 11.8 Å². The molecule has 3 nitrogen and oxygen atoms in total. The highest BCUT2D eigenvalue weighted by Crippen LogP contribution is 2.31. The van der Waals surface area contributed by atoms with Crippen molar-refractivity contribution in [3.63, 3.8) is 0 Å². The molecule has 0 aromatic heterocycles. The van der Waals surface area contributed by atoms with Crippen LogP contribution in [0.4, 0.5) is 0 Å². The molecule has 4 atom stereocenters. The van der Waals surface area contributed by atoms with Crippen LogP contribution in [0.3, 0.4) is 0 Å². The Morgan fingerprint density at radius 3 is 2.77 bits per heavy atom. The molecule has 2 saturated heterocycles. The van der Waals surface area contributed by atoms with E-state index in [1.807, 2.05) is 11.8 Å². The molecule has 0 spiro atoms. The first kappa shape index (κ1) is 9.77. The number of hydrogen-bond donors (Lipinski definition) is 2. The second-order valence-electron chi connectivity index (χ2n) is 3.80. The molecule has 13 heavy (non-hydrogen) atoms. The predicted molar refractivity (Wildman–Crippen MR) is 54.1 cm³/mol. The zero-order valence-corrected chi connectivity index (χ0v) is 8.72. The van der Waals surface area contributed by atoms with Gasteiger partial charge in [-0.2, -0.15) is 0 Å². The molecule has 0 aromatic carbocycles. The van der Waals surface area contributed by atoms with Gasteiger partial charge >= 0.3 is 0 Å². The molecule has 2 heterocycles. The SMILES string of the molecule is CC1OCCC1SC1CNCC1O. The number of hydrogen-bond acceptors (Lipinski definition) is 4.